The minimum absolute atomic E-state index is 0.0182. The Bertz CT molecular complexity index is 826. The topological polar surface area (TPSA) is 46.2 Å². The summed E-state index contributed by atoms with van der Waals surface area (Å²) in [4.78, 5) is -0.407. The largest absolute Gasteiger partial charge is 0.446 e. The van der Waals surface area contributed by atoms with Crippen LogP contribution in [0.3, 0.4) is 0 Å². The van der Waals surface area contributed by atoms with Crippen molar-refractivity contribution in [2.75, 3.05) is 4.72 Å². The maximum Gasteiger partial charge on any atom is 0.446 e. The fourth-order valence-electron chi connectivity index (χ4n) is 1.65. The number of hydrogen-bond acceptors (Lipinski definition) is 3. The molecule has 0 saturated heterocycles. The average molecular weight is 402 g/mol. The predicted octanol–water partition coefficient (Wildman–Crippen LogP) is 5.41. The maximum absolute atomic E-state index is 12.4. The van der Waals surface area contributed by atoms with Gasteiger partial charge in [-0.15, -0.1) is 0 Å². The van der Waals surface area contributed by atoms with Crippen LogP contribution < -0.4 is 4.72 Å². The van der Waals surface area contributed by atoms with Crippen molar-refractivity contribution in [3.8, 4) is 0 Å². The molecule has 0 heterocycles. The fourth-order valence-corrected chi connectivity index (χ4v) is 4.06. The zero-order valence-corrected chi connectivity index (χ0v) is 14.2. The molecule has 124 valence electrons. The lowest BCUT2D eigenvalue weighted by molar-refractivity contribution is -0.0328. The second-order valence-electron chi connectivity index (χ2n) is 4.26. The van der Waals surface area contributed by atoms with Crippen molar-refractivity contribution in [1.29, 1.82) is 0 Å². The number of rotatable bonds is 4. The van der Waals surface area contributed by atoms with Gasteiger partial charge in [0.05, 0.1) is 5.02 Å². The van der Waals surface area contributed by atoms with Crippen LogP contribution in [0, 0.1) is 0 Å². The van der Waals surface area contributed by atoms with Crippen LogP contribution in [0.1, 0.15) is 0 Å². The first-order chi connectivity index (χ1) is 10.6. The molecule has 0 aliphatic heterocycles. The third kappa shape index (κ3) is 5.20. The first kappa shape index (κ1) is 18.3. The summed E-state index contributed by atoms with van der Waals surface area (Å²) >= 11 is 11.2. The number of hydrogen-bond donors (Lipinski definition) is 1. The molecule has 0 radical (unpaired) electrons. The van der Waals surface area contributed by atoms with E-state index in [1.54, 1.807) is 0 Å². The number of sulfonamides is 1. The molecule has 0 amide bonds. The summed E-state index contributed by atoms with van der Waals surface area (Å²) in [5.41, 5.74) is -4.48. The molecule has 0 unspecified atom stereocenters. The Morgan fingerprint density at radius 1 is 1.04 bits per heavy atom. The highest BCUT2D eigenvalue weighted by atomic mass is 35.5. The molecule has 1 N–H and O–H groups in total. The van der Waals surface area contributed by atoms with Crippen molar-refractivity contribution in [2.24, 2.45) is 0 Å². The molecule has 0 saturated carbocycles. The number of thioether (sulfide) groups is 1. The molecule has 0 aliphatic carbocycles. The van der Waals surface area contributed by atoms with E-state index in [2.05, 4.69) is 4.72 Å². The molecule has 0 aliphatic rings. The highest BCUT2D eigenvalue weighted by Gasteiger charge is 2.29. The van der Waals surface area contributed by atoms with Crippen LogP contribution in [-0.2, 0) is 10.0 Å². The van der Waals surface area contributed by atoms with E-state index in [-0.39, 0.29) is 37.3 Å². The van der Waals surface area contributed by atoms with Gasteiger partial charge in [0.1, 0.15) is 4.90 Å². The highest BCUT2D eigenvalue weighted by molar-refractivity contribution is 8.00. The molecule has 2 aromatic rings. The summed E-state index contributed by atoms with van der Waals surface area (Å²) in [6.45, 7) is 0. The molecule has 0 bridgehead atoms. The standard InChI is InChI=1S/C13H8Cl2F3NO2S2/c14-8-4-5-11(15)12(6-8)23(20,21)19-9-2-1-3-10(7-9)22-13(16,17)18/h1-7,19H. The van der Waals surface area contributed by atoms with E-state index in [9.17, 15) is 21.6 Å². The van der Waals surface area contributed by atoms with Crippen LogP contribution in [0.4, 0.5) is 18.9 Å². The summed E-state index contributed by atoms with van der Waals surface area (Å²) < 4.78 is 63.8. The van der Waals surface area contributed by atoms with E-state index in [4.69, 9.17) is 23.2 Å². The third-order valence-electron chi connectivity index (χ3n) is 2.50. The summed E-state index contributed by atoms with van der Waals surface area (Å²) in [5, 5.41) is 0.110. The normalized spacial score (nSPS) is 12.2. The van der Waals surface area contributed by atoms with Gasteiger partial charge in [-0.3, -0.25) is 4.72 Å². The van der Waals surface area contributed by atoms with Gasteiger partial charge in [-0.1, -0.05) is 29.3 Å². The molecular formula is C13H8Cl2F3NO2S2. The van der Waals surface area contributed by atoms with Gasteiger partial charge in [-0.25, -0.2) is 8.42 Å². The molecule has 10 heteroatoms. The SMILES string of the molecule is O=S(=O)(Nc1cccc(SC(F)(F)F)c1)c1cc(Cl)ccc1Cl. The van der Waals surface area contributed by atoms with Gasteiger partial charge in [-0.2, -0.15) is 13.2 Å². The molecular weight excluding hydrogens is 394 g/mol. The first-order valence-corrected chi connectivity index (χ1v) is 8.96. The van der Waals surface area contributed by atoms with E-state index < -0.39 is 15.5 Å². The number of alkyl halides is 3. The number of benzene rings is 2. The molecule has 0 spiro atoms. The van der Waals surface area contributed by atoms with Crippen molar-refractivity contribution >= 4 is 50.7 Å². The quantitative estimate of drug-likeness (QED) is 0.696. The van der Waals surface area contributed by atoms with Gasteiger partial charge in [0.15, 0.2) is 0 Å². The zero-order chi connectivity index (χ0) is 17.3. The van der Waals surface area contributed by atoms with E-state index >= 15 is 0 Å². The van der Waals surface area contributed by atoms with Gasteiger partial charge in [0.2, 0.25) is 0 Å². The Balaban J connectivity index is 2.31. The molecule has 23 heavy (non-hydrogen) atoms. The van der Waals surface area contributed by atoms with Crippen LogP contribution in [-0.4, -0.2) is 13.9 Å². The molecule has 2 rings (SSSR count). The Hall–Kier alpha value is -1.09. The second kappa shape index (κ2) is 6.80. The van der Waals surface area contributed by atoms with Crippen LogP contribution in [0.5, 0.6) is 0 Å². The van der Waals surface area contributed by atoms with Crippen molar-refractivity contribution < 1.29 is 21.6 Å². The minimum Gasteiger partial charge on any atom is -0.280 e. The average Bonchev–Trinajstić information content (AvgIpc) is 2.39. The first-order valence-electron chi connectivity index (χ1n) is 5.90. The summed E-state index contributed by atoms with van der Waals surface area (Å²) in [7, 11) is -4.08. The monoisotopic (exact) mass is 401 g/mol. The smallest absolute Gasteiger partial charge is 0.280 e. The van der Waals surface area contributed by atoms with Crippen molar-refractivity contribution in [3.05, 3.63) is 52.5 Å². The summed E-state index contributed by atoms with van der Waals surface area (Å²) in [5.74, 6) is 0. The fraction of sp³-hybridized carbons (Fsp3) is 0.0769. The van der Waals surface area contributed by atoms with E-state index in [0.29, 0.717) is 0 Å². The minimum atomic E-state index is -4.46. The lowest BCUT2D eigenvalue weighted by atomic mass is 10.3. The molecule has 0 fully saturated rings. The third-order valence-corrected chi connectivity index (χ3v) is 5.32. The second-order valence-corrected chi connectivity index (χ2v) is 7.89. The number of halogens is 5. The Labute approximate surface area is 144 Å². The Kier molecular flexibility index (Phi) is 5.40. The lowest BCUT2D eigenvalue weighted by Crippen LogP contribution is -2.13. The van der Waals surface area contributed by atoms with Gasteiger partial charge < -0.3 is 0 Å². The number of anilines is 1. The van der Waals surface area contributed by atoms with Gasteiger partial charge in [0, 0.05) is 15.6 Å². The lowest BCUT2D eigenvalue weighted by Gasteiger charge is -2.11. The molecule has 0 aromatic heterocycles. The highest BCUT2D eigenvalue weighted by Crippen LogP contribution is 2.38. The maximum atomic E-state index is 12.4. The molecule has 0 atom stereocenters. The van der Waals surface area contributed by atoms with E-state index in [1.165, 1.54) is 30.3 Å². The van der Waals surface area contributed by atoms with Gasteiger partial charge >= 0.3 is 5.51 Å². The predicted molar refractivity (Wildman–Crippen MR) is 85.6 cm³/mol. The van der Waals surface area contributed by atoms with Crippen LogP contribution in [0.25, 0.3) is 0 Å². The van der Waals surface area contributed by atoms with Crippen LogP contribution >= 0.6 is 35.0 Å². The van der Waals surface area contributed by atoms with E-state index in [0.717, 1.165) is 12.1 Å². The van der Waals surface area contributed by atoms with Crippen molar-refractivity contribution in [1.82, 2.24) is 0 Å². The zero-order valence-electron chi connectivity index (χ0n) is 11.1. The van der Waals surface area contributed by atoms with E-state index in [1.807, 2.05) is 0 Å². The Morgan fingerprint density at radius 2 is 1.74 bits per heavy atom. The van der Waals surface area contributed by atoms with Crippen LogP contribution in [0.15, 0.2) is 52.3 Å². The van der Waals surface area contributed by atoms with Crippen molar-refractivity contribution in [3.63, 3.8) is 0 Å². The summed E-state index contributed by atoms with van der Waals surface area (Å²) in [6.07, 6.45) is 0. The van der Waals surface area contributed by atoms with Crippen LogP contribution in [0.2, 0.25) is 10.0 Å². The summed E-state index contributed by atoms with van der Waals surface area (Å²) in [6, 6.07) is 8.83. The number of nitrogens with one attached hydrogen (secondary N) is 1. The van der Waals surface area contributed by atoms with Gasteiger partial charge in [-0.05, 0) is 48.2 Å². The van der Waals surface area contributed by atoms with Gasteiger partial charge in [0.25, 0.3) is 10.0 Å². The molecule has 3 nitrogen and oxygen atoms in total. The molecule has 2 aromatic carbocycles. The van der Waals surface area contributed by atoms with Crippen molar-refractivity contribution in [2.45, 2.75) is 15.3 Å². The Morgan fingerprint density at radius 3 is 2.39 bits per heavy atom.